The van der Waals surface area contributed by atoms with Crippen LogP contribution in [0.3, 0.4) is 0 Å². The summed E-state index contributed by atoms with van der Waals surface area (Å²) in [5.41, 5.74) is 7.24. The molecule has 1 heterocycles. The minimum atomic E-state index is -0.552. The number of benzene rings is 1. The van der Waals surface area contributed by atoms with Gasteiger partial charge in [-0.2, -0.15) is 5.26 Å². The monoisotopic (exact) mass is 362 g/mol. The zero-order chi connectivity index (χ0) is 18.2. The molecule has 1 saturated heterocycles. The van der Waals surface area contributed by atoms with Gasteiger partial charge < -0.3 is 25.0 Å². The number of piperazine rings is 1. The first-order valence-corrected chi connectivity index (χ1v) is 8.79. The third-order valence-corrected chi connectivity index (χ3v) is 4.57. The second-order valence-electron chi connectivity index (χ2n) is 5.30. The summed E-state index contributed by atoms with van der Waals surface area (Å²) >= 11 is 0.744. The molecule has 0 aromatic heterocycles. The smallest absolute Gasteiger partial charge is 0.349 e. The molecule has 1 aromatic carbocycles. The maximum atomic E-state index is 12.0. The standard InChI is InChI=1S/C17H22N4O3S/c1-3-24-17(22)15(25-12-18)16(19)21-10-8-20(9-11-21)13-4-6-14(23-2)7-5-13/h4-7H,3,8-11,19H2,1-2H3/b16-15-. The van der Waals surface area contributed by atoms with Crippen LogP contribution in [0.4, 0.5) is 5.69 Å². The number of carbonyl (C=O) groups is 1. The zero-order valence-electron chi connectivity index (χ0n) is 14.4. The van der Waals surface area contributed by atoms with E-state index >= 15 is 0 Å². The second kappa shape index (κ2) is 9.08. The first kappa shape index (κ1) is 18.8. The molecule has 0 bridgehead atoms. The van der Waals surface area contributed by atoms with Crippen LogP contribution in [0.5, 0.6) is 5.75 Å². The number of nitrogens with two attached hydrogens (primary N) is 1. The van der Waals surface area contributed by atoms with Crippen LogP contribution in [0.1, 0.15) is 6.92 Å². The van der Waals surface area contributed by atoms with Gasteiger partial charge in [0.2, 0.25) is 0 Å². The second-order valence-corrected chi connectivity index (χ2v) is 6.10. The molecule has 0 saturated carbocycles. The van der Waals surface area contributed by atoms with E-state index in [-0.39, 0.29) is 11.5 Å². The fraction of sp³-hybridized carbons (Fsp3) is 0.412. The van der Waals surface area contributed by atoms with Gasteiger partial charge in [-0.05, 0) is 31.2 Å². The lowest BCUT2D eigenvalue weighted by Gasteiger charge is -2.37. The maximum absolute atomic E-state index is 12.0. The van der Waals surface area contributed by atoms with Crippen molar-refractivity contribution < 1.29 is 14.3 Å². The lowest BCUT2D eigenvalue weighted by Crippen LogP contribution is -2.47. The lowest BCUT2D eigenvalue weighted by molar-refractivity contribution is -0.137. The molecule has 8 heteroatoms. The highest BCUT2D eigenvalue weighted by Gasteiger charge is 2.24. The van der Waals surface area contributed by atoms with Crippen LogP contribution in [0.2, 0.25) is 0 Å². The summed E-state index contributed by atoms with van der Waals surface area (Å²) < 4.78 is 10.2. The lowest BCUT2D eigenvalue weighted by atomic mass is 10.2. The van der Waals surface area contributed by atoms with E-state index < -0.39 is 5.97 Å². The number of anilines is 1. The molecule has 0 unspecified atom stereocenters. The van der Waals surface area contributed by atoms with E-state index in [0.29, 0.717) is 18.9 Å². The molecular weight excluding hydrogens is 340 g/mol. The fourth-order valence-corrected chi connectivity index (χ4v) is 3.05. The molecule has 1 aliphatic heterocycles. The molecule has 7 nitrogen and oxygen atoms in total. The summed E-state index contributed by atoms with van der Waals surface area (Å²) in [7, 11) is 1.64. The SMILES string of the molecule is CCOC(=O)/C(SC#N)=C(\N)N1CCN(c2ccc(OC)cc2)CC1. The third kappa shape index (κ3) is 4.73. The van der Waals surface area contributed by atoms with Crippen LogP contribution in [0.15, 0.2) is 35.0 Å². The van der Waals surface area contributed by atoms with Crippen LogP contribution < -0.4 is 15.4 Å². The summed E-state index contributed by atoms with van der Waals surface area (Å²) in [5, 5.41) is 10.8. The maximum Gasteiger partial charge on any atom is 0.349 e. The van der Waals surface area contributed by atoms with Gasteiger partial charge in [0, 0.05) is 43.6 Å². The summed E-state index contributed by atoms with van der Waals surface area (Å²) in [6, 6.07) is 7.89. The minimum absolute atomic E-state index is 0.155. The number of methoxy groups -OCH3 is 1. The highest BCUT2D eigenvalue weighted by Crippen LogP contribution is 2.24. The Hall–Kier alpha value is -2.53. The first-order chi connectivity index (χ1) is 12.1. The third-order valence-electron chi connectivity index (χ3n) is 3.90. The molecule has 2 rings (SSSR count). The molecule has 0 aliphatic carbocycles. The van der Waals surface area contributed by atoms with Crippen molar-refractivity contribution in [3.8, 4) is 11.2 Å². The molecule has 2 N–H and O–H groups in total. The van der Waals surface area contributed by atoms with Crippen molar-refractivity contribution in [2.24, 2.45) is 5.73 Å². The predicted molar refractivity (Wildman–Crippen MR) is 97.8 cm³/mol. The zero-order valence-corrected chi connectivity index (χ0v) is 15.2. The van der Waals surface area contributed by atoms with Crippen LogP contribution in [-0.2, 0) is 9.53 Å². The van der Waals surface area contributed by atoms with Crippen molar-refractivity contribution in [1.82, 2.24) is 4.90 Å². The molecule has 25 heavy (non-hydrogen) atoms. The topological polar surface area (TPSA) is 91.8 Å². The summed E-state index contributed by atoms with van der Waals surface area (Å²) in [5.74, 6) is 0.575. The highest BCUT2D eigenvalue weighted by molar-refractivity contribution is 8.08. The Labute approximate surface area is 152 Å². The Balaban J connectivity index is 2.05. The Morgan fingerprint density at radius 3 is 2.44 bits per heavy atom. The summed E-state index contributed by atoms with van der Waals surface area (Å²) in [6.07, 6.45) is 0. The predicted octanol–water partition coefficient (Wildman–Crippen LogP) is 1.72. The van der Waals surface area contributed by atoms with E-state index in [1.54, 1.807) is 14.0 Å². The number of carbonyl (C=O) groups excluding carboxylic acids is 1. The van der Waals surface area contributed by atoms with E-state index in [2.05, 4.69) is 4.90 Å². The molecule has 0 radical (unpaired) electrons. The summed E-state index contributed by atoms with van der Waals surface area (Å²) in [6.45, 7) is 4.81. The molecule has 0 spiro atoms. The fourth-order valence-electron chi connectivity index (χ4n) is 2.58. The highest BCUT2D eigenvalue weighted by atomic mass is 32.2. The summed E-state index contributed by atoms with van der Waals surface area (Å²) in [4.78, 5) is 16.3. The van der Waals surface area contributed by atoms with Crippen LogP contribution in [0.25, 0.3) is 0 Å². The number of hydrogen-bond acceptors (Lipinski definition) is 8. The van der Waals surface area contributed by atoms with Gasteiger partial charge in [-0.3, -0.25) is 0 Å². The van der Waals surface area contributed by atoms with Crippen molar-refractivity contribution in [3.05, 3.63) is 35.0 Å². The van der Waals surface area contributed by atoms with Crippen molar-refractivity contribution in [2.45, 2.75) is 6.92 Å². The van der Waals surface area contributed by atoms with E-state index in [0.717, 1.165) is 36.3 Å². The Morgan fingerprint density at radius 2 is 1.92 bits per heavy atom. The number of thioether (sulfide) groups is 1. The molecular formula is C17H22N4O3S. The Morgan fingerprint density at radius 1 is 1.28 bits per heavy atom. The quantitative estimate of drug-likeness (QED) is 0.465. The van der Waals surface area contributed by atoms with Crippen molar-refractivity contribution in [2.75, 3.05) is 44.8 Å². The molecule has 0 atom stereocenters. The molecule has 134 valence electrons. The van der Waals surface area contributed by atoms with E-state index in [9.17, 15) is 4.79 Å². The number of rotatable bonds is 6. The largest absolute Gasteiger partial charge is 0.497 e. The first-order valence-electron chi connectivity index (χ1n) is 7.97. The van der Waals surface area contributed by atoms with Crippen molar-refractivity contribution in [3.63, 3.8) is 0 Å². The number of ether oxygens (including phenoxy) is 2. The average Bonchev–Trinajstić information content (AvgIpc) is 2.66. The van der Waals surface area contributed by atoms with Crippen LogP contribution in [-0.4, -0.2) is 50.8 Å². The minimum Gasteiger partial charge on any atom is -0.497 e. The van der Waals surface area contributed by atoms with Gasteiger partial charge in [0.25, 0.3) is 0 Å². The van der Waals surface area contributed by atoms with E-state index in [4.69, 9.17) is 20.5 Å². The number of hydrogen-bond donors (Lipinski definition) is 1. The van der Waals surface area contributed by atoms with Gasteiger partial charge in [0.1, 0.15) is 21.9 Å². The number of nitriles is 1. The van der Waals surface area contributed by atoms with Crippen molar-refractivity contribution in [1.29, 1.82) is 5.26 Å². The van der Waals surface area contributed by atoms with E-state index in [1.807, 2.05) is 34.6 Å². The average molecular weight is 362 g/mol. The number of thiocyanates is 1. The van der Waals surface area contributed by atoms with Gasteiger partial charge in [-0.1, -0.05) is 0 Å². The number of esters is 1. The van der Waals surface area contributed by atoms with Gasteiger partial charge in [0.15, 0.2) is 0 Å². The molecule has 1 aromatic rings. The normalized spacial score (nSPS) is 15.2. The van der Waals surface area contributed by atoms with Gasteiger partial charge in [-0.25, -0.2) is 4.79 Å². The van der Waals surface area contributed by atoms with E-state index in [1.165, 1.54) is 0 Å². The number of nitrogens with zero attached hydrogens (tertiary/aromatic N) is 3. The Bertz CT molecular complexity index is 661. The van der Waals surface area contributed by atoms with Gasteiger partial charge in [-0.15, -0.1) is 0 Å². The Kier molecular flexibility index (Phi) is 6.83. The van der Waals surface area contributed by atoms with Gasteiger partial charge >= 0.3 is 5.97 Å². The van der Waals surface area contributed by atoms with Crippen LogP contribution >= 0.6 is 11.8 Å². The van der Waals surface area contributed by atoms with Gasteiger partial charge in [0.05, 0.1) is 13.7 Å². The van der Waals surface area contributed by atoms with Crippen LogP contribution in [0, 0.1) is 10.7 Å². The molecule has 0 amide bonds. The molecule has 1 aliphatic rings. The van der Waals surface area contributed by atoms with Crippen molar-refractivity contribution >= 4 is 23.4 Å². The molecule has 1 fully saturated rings.